The minimum absolute atomic E-state index is 0.222. The molecule has 1 aromatic carbocycles. The quantitative estimate of drug-likeness (QED) is 0.566. The Bertz CT molecular complexity index is 1090. The molecule has 2 amide bonds. The molecule has 0 saturated heterocycles. The third-order valence-corrected chi connectivity index (χ3v) is 5.90. The van der Waals surface area contributed by atoms with Gasteiger partial charge < -0.3 is 4.42 Å². The van der Waals surface area contributed by atoms with Gasteiger partial charge in [-0.2, -0.15) is 0 Å². The standard InChI is InChI=1S/C23H20N2O3S/c1-15-5-6-19(16(2)12-15)20-21(29-14-18-4-3-11-28-18)23(27)25(22(20)26)13-17-7-9-24-10-8-17/h3-12H,13-14H2,1-2H3. The molecule has 29 heavy (non-hydrogen) atoms. The van der Waals surface area contributed by atoms with Crippen LogP contribution in [0.15, 0.2) is 70.4 Å². The van der Waals surface area contributed by atoms with Gasteiger partial charge in [0.2, 0.25) is 0 Å². The second-order valence-corrected chi connectivity index (χ2v) is 7.93. The Morgan fingerprint density at radius 1 is 1.03 bits per heavy atom. The van der Waals surface area contributed by atoms with E-state index in [0.717, 1.165) is 28.0 Å². The lowest BCUT2D eigenvalue weighted by atomic mass is 9.99. The molecule has 0 atom stereocenters. The van der Waals surface area contributed by atoms with E-state index in [1.165, 1.54) is 16.7 Å². The van der Waals surface area contributed by atoms with Gasteiger partial charge in [0.15, 0.2) is 0 Å². The first-order valence-corrected chi connectivity index (χ1v) is 10.3. The van der Waals surface area contributed by atoms with E-state index in [9.17, 15) is 9.59 Å². The lowest BCUT2D eigenvalue weighted by molar-refractivity contribution is -0.137. The lowest BCUT2D eigenvalue weighted by Crippen LogP contribution is -2.31. The van der Waals surface area contributed by atoms with Crippen molar-refractivity contribution < 1.29 is 14.0 Å². The van der Waals surface area contributed by atoms with E-state index in [1.54, 1.807) is 18.7 Å². The van der Waals surface area contributed by atoms with Gasteiger partial charge in [-0.3, -0.25) is 19.5 Å². The highest BCUT2D eigenvalue weighted by Gasteiger charge is 2.39. The van der Waals surface area contributed by atoms with Crippen molar-refractivity contribution in [1.29, 1.82) is 0 Å². The average molecular weight is 404 g/mol. The van der Waals surface area contributed by atoms with E-state index >= 15 is 0 Å². The Kier molecular flexibility index (Phi) is 5.36. The van der Waals surface area contributed by atoms with Gasteiger partial charge in [0, 0.05) is 12.4 Å². The summed E-state index contributed by atoms with van der Waals surface area (Å²) in [6.45, 7) is 4.20. The summed E-state index contributed by atoms with van der Waals surface area (Å²) in [6.07, 6.45) is 4.92. The van der Waals surface area contributed by atoms with E-state index in [0.29, 0.717) is 16.2 Å². The molecule has 0 fully saturated rings. The Balaban J connectivity index is 1.71. The fourth-order valence-corrected chi connectivity index (χ4v) is 4.40. The zero-order valence-electron chi connectivity index (χ0n) is 16.2. The highest BCUT2D eigenvalue weighted by molar-refractivity contribution is 8.03. The summed E-state index contributed by atoms with van der Waals surface area (Å²) in [5, 5.41) is 0. The minimum Gasteiger partial charge on any atom is -0.468 e. The molecule has 1 aliphatic heterocycles. The molecule has 3 aromatic rings. The van der Waals surface area contributed by atoms with Crippen LogP contribution >= 0.6 is 11.8 Å². The predicted octanol–water partition coefficient (Wildman–Crippen LogP) is 4.50. The van der Waals surface area contributed by atoms with Crippen LogP contribution < -0.4 is 0 Å². The van der Waals surface area contributed by atoms with Crippen LogP contribution in [0.25, 0.3) is 5.57 Å². The highest BCUT2D eigenvalue weighted by Crippen LogP contribution is 2.39. The van der Waals surface area contributed by atoms with Gasteiger partial charge in [-0.25, -0.2) is 0 Å². The van der Waals surface area contributed by atoms with Crippen molar-refractivity contribution in [3.05, 3.63) is 94.0 Å². The first-order chi connectivity index (χ1) is 14.0. The first-order valence-electron chi connectivity index (χ1n) is 9.27. The van der Waals surface area contributed by atoms with Crippen LogP contribution in [0.2, 0.25) is 0 Å². The number of rotatable bonds is 6. The van der Waals surface area contributed by atoms with Crippen molar-refractivity contribution >= 4 is 29.1 Å². The molecule has 2 aromatic heterocycles. The van der Waals surface area contributed by atoms with E-state index in [-0.39, 0.29) is 18.4 Å². The number of thioether (sulfide) groups is 1. The number of hydrogen-bond acceptors (Lipinski definition) is 5. The molecule has 0 bridgehead atoms. The maximum absolute atomic E-state index is 13.3. The summed E-state index contributed by atoms with van der Waals surface area (Å²) in [5.41, 5.74) is 4.22. The molecular formula is C23H20N2O3S. The van der Waals surface area contributed by atoms with Crippen molar-refractivity contribution in [1.82, 2.24) is 9.88 Å². The topological polar surface area (TPSA) is 63.4 Å². The number of imide groups is 1. The molecule has 0 radical (unpaired) electrons. The van der Waals surface area contributed by atoms with Gasteiger partial charge in [0.05, 0.1) is 29.0 Å². The molecule has 0 saturated carbocycles. The number of carbonyl (C=O) groups is 2. The van der Waals surface area contributed by atoms with Gasteiger partial charge >= 0.3 is 0 Å². The SMILES string of the molecule is Cc1ccc(C2=C(SCc3ccco3)C(=O)N(Cc3ccncc3)C2=O)c(C)c1. The Hall–Kier alpha value is -3.12. The molecule has 0 N–H and O–H groups in total. The van der Waals surface area contributed by atoms with E-state index in [2.05, 4.69) is 4.98 Å². The van der Waals surface area contributed by atoms with E-state index in [1.807, 2.05) is 56.3 Å². The average Bonchev–Trinajstić information content (AvgIpc) is 3.30. The molecule has 0 spiro atoms. The zero-order chi connectivity index (χ0) is 20.4. The van der Waals surface area contributed by atoms with Crippen molar-refractivity contribution in [2.45, 2.75) is 26.1 Å². The van der Waals surface area contributed by atoms with Gasteiger partial charge in [0.1, 0.15) is 5.76 Å². The molecule has 1 aliphatic rings. The molecule has 6 heteroatoms. The summed E-state index contributed by atoms with van der Waals surface area (Å²) in [5.74, 6) is 0.716. The number of carbonyl (C=O) groups excluding carboxylic acids is 2. The second kappa shape index (κ2) is 8.09. The summed E-state index contributed by atoms with van der Waals surface area (Å²) in [6, 6.07) is 13.2. The smallest absolute Gasteiger partial charge is 0.268 e. The van der Waals surface area contributed by atoms with Gasteiger partial charge in [0.25, 0.3) is 11.8 Å². The molecule has 0 unspecified atom stereocenters. The number of aryl methyl sites for hydroxylation is 2. The molecule has 0 aliphatic carbocycles. The third-order valence-electron chi connectivity index (χ3n) is 4.81. The Labute approximate surface area is 173 Å². The van der Waals surface area contributed by atoms with Gasteiger partial charge in [-0.05, 0) is 54.8 Å². The van der Waals surface area contributed by atoms with Crippen LogP contribution in [0.3, 0.4) is 0 Å². The largest absolute Gasteiger partial charge is 0.468 e. The van der Waals surface area contributed by atoms with Crippen molar-refractivity contribution in [2.75, 3.05) is 0 Å². The summed E-state index contributed by atoms with van der Waals surface area (Å²) < 4.78 is 5.40. The number of amides is 2. The maximum Gasteiger partial charge on any atom is 0.268 e. The highest BCUT2D eigenvalue weighted by atomic mass is 32.2. The number of pyridine rings is 1. The number of nitrogens with zero attached hydrogens (tertiary/aromatic N) is 2. The number of hydrogen-bond donors (Lipinski definition) is 0. The van der Waals surface area contributed by atoms with E-state index < -0.39 is 0 Å². The fourth-order valence-electron chi connectivity index (χ4n) is 3.37. The third kappa shape index (κ3) is 3.89. The van der Waals surface area contributed by atoms with Crippen LogP contribution in [0.4, 0.5) is 0 Å². The number of benzene rings is 1. The molecule has 4 rings (SSSR count). The summed E-state index contributed by atoms with van der Waals surface area (Å²) in [4.78, 5) is 32.3. The normalized spacial score (nSPS) is 14.2. The van der Waals surface area contributed by atoms with Crippen molar-refractivity contribution in [3.63, 3.8) is 0 Å². The zero-order valence-corrected chi connectivity index (χ0v) is 17.0. The van der Waals surface area contributed by atoms with Crippen LogP contribution in [0, 0.1) is 13.8 Å². The molecule has 3 heterocycles. The van der Waals surface area contributed by atoms with Crippen LogP contribution in [-0.2, 0) is 21.9 Å². The molecule has 5 nitrogen and oxygen atoms in total. The van der Waals surface area contributed by atoms with Crippen LogP contribution in [0.5, 0.6) is 0 Å². The Morgan fingerprint density at radius 2 is 1.83 bits per heavy atom. The fraction of sp³-hybridized carbons (Fsp3) is 0.174. The maximum atomic E-state index is 13.3. The summed E-state index contributed by atoms with van der Waals surface area (Å²) >= 11 is 1.35. The second-order valence-electron chi connectivity index (χ2n) is 6.94. The Morgan fingerprint density at radius 3 is 2.52 bits per heavy atom. The predicted molar refractivity (Wildman–Crippen MR) is 113 cm³/mol. The van der Waals surface area contributed by atoms with Gasteiger partial charge in [-0.15, -0.1) is 11.8 Å². The van der Waals surface area contributed by atoms with Crippen molar-refractivity contribution in [2.24, 2.45) is 0 Å². The van der Waals surface area contributed by atoms with Crippen molar-refractivity contribution in [3.8, 4) is 0 Å². The number of furan rings is 1. The summed E-state index contributed by atoms with van der Waals surface area (Å²) in [7, 11) is 0. The minimum atomic E-state index is -0.265. The van der Waals surface area contributed by atoms with E-state index in [4.69, 9.17) is 4.42 Å². The lowest BCUT2D eigenvalue weighted by Gasteiger charge is -2.15. The number of aromatic nitrogens is 1. The molecule has 146 valence electrons. The van der Waals surface area contributed by atoms with Crippen LogP contribution in [-0.4, -0.2) is 21.7 Å². The first kappa shape index (κ1) is 19.2. The molecular weight excluding hydrogens is 384 g/mol. The van der Waals surface area contributed by atoms with Crippen LogP contribution in [0.1, 0.15) is 28.0 Å². The monoisotopic (exact) mass is 404 g/mol. The van der Waals surface area contributed by atoms with Gasteiger partial charge in [-0.1, -0.05) is 23.8 Å².